The summed E-state index contributed by atoms with van der Waals surface area (Å²) >= 11 is 0. The van der Waals surface area contributed by atoms with Gasteiger partial charge in [-0.1, -0.05) is 36.4 Å². The van der Waals surface area contributed by atoms with E-state index >= 15 is 0 Å². The first-order valence-electron chi connectivity index (χ1n) is 8.26. The van der Waals surface area contributed by atoms with E-state index in [4.69, 9.17) is 0 Å². The van der Waals surface area contributed by atoms with Crippen molar-refractivity contribution in [2.24, 2.45) is 0 Å². The minimum atomic E-state index is 0.210. The second kappa shape index (κ2) is 5.69. The van der Waals surface area contributed by atoms with Gasteiger partial charge in [-0.15, -0.1) is 0 Å². The number of ketones is 1. The Balaban J connectivity index is 2.10. The van der Waals surface area contributed by atoms with Crippen molar-refractivity contribution in [1.29, 1.82) is 0 Å². The van der Waals surface area contributed by atoms with Crippen LogP contribution in [0.15, 0.2) is 42.0 Å². The number of quaternary nitrogens is 1. The highest BCUT2D eigenvalue weighted by Gasteiger charge is 2.29. The van der Waals surface area contributed by atoms with E-state index in [-0.39, 0.29) is 5.78 Å². The minimum absolute atomic E-state index is 0.210. The van der Waals surface area contributed by atoms with Gasteiger partial charge >= 0.3 is 0 Å². The van der Waals surface area contributed by atoms with E-state index in [1.807, 2.05) is 12.1 Å². The van der Waals surface area contributed by atoms with Gasteiger partial charge in [0.05, 0.1) is 25.2 Å². The van der Waals surface area contributed by atoms with Crippen molar-refractivity contribution in [3.63, 3.8) is 0 Å². The topological polar surface area (TPSA) is 17.1 Å². The van der Waals surface area contributed by atoms with E-state index in [0.29, 0.717) is 0 Å². The van der Waals surface area contributed by atoms with Crippen LogP contribution in [0.25, 0.3) is 16.8 Å². The number of hydrogen-bond donors (Lipinski definition) is 0. The lowest BCUT2D eigenvalue weighted by Gasteiger charge is -2.36. The van der Waals surface area contributed by atoms with Gasteiger partial charge in [-0.3, -0.25) is 4.79 Å². The lowest BCUT2D eigenvalue weighted by Crippen LogP contribution is -2.49. The van der Waals surface area contributed by atoms with Gasteiger partial charge in [0, 0.05) is 10.9 Å². The molecule has 2 aromatic carbocycles. The summed E-state index contributed by atoms with van der Waals surface area (Å²) in [4.78, 5) is 13.0. The second-order valence-electron chi connectivity index (χ2n) is 6.20. The molecule has 0 bridgehead atoms. The standard InChI is InChI=1S/C20H24NO/c1-4-21(5-2,6-3)14-17-13-16-11-7-9-15-10-8-12-18(19(15)16)20(17)22/h7-13H,4-6,14H2,1-3H3/q+1. The Labute approximate surface area is 132 Å². The Hall–Kier alpha value is -1.93. The highest BCUT2D eigenvalue weighted by Crippen LogP contribution is 2.32. The molecule has 0 spiro atoms. The Bertz CT molecular complexity index is 740. The molecule has 2 nitrogen and oxygen atoms in total. The summed E-state index contributed by atoms with van der Waals surface area (Å²) in [7, 11) is 0. The molecule has 1 aliphatic carbocycles. The molecule has 0 saturated carbocycles. The molecular formula is C20H24NO+. The van der Waals surface area contributed by atoms with Crippen LogP contribution in [0.4, 0.5) is 0 Å². The molecule has 114 valence electrons. The van der Waals surface area contributed by atoms with Gasteiger partial charge in [0.1, 0.15) is 6.54 Å². The molecule has 0 saturated heterocycles. The normalized spacial score (nSPS) is 14.3. The SMILES string of the molecule is CC[N+](CC)(CC)CC1=Cc2cccc3cccc(c23)C1=O. The molecule has 0 aliphatic heterocycles. The van der Waals surface area contributed by atoms with Crippen molar-refractivity contribution in [2.75, 3.05) is 26.2 Å². The Kier molecular flexibility index (Phi) is 3.88. The number of Topliss-reactive ketones (excluding diaryl/α,β-unsaturated/α-hetero) is 1. The molecule has 0 aromatic heterocycles. The van der Waals surface area contributed by atoms with Crippen LogP contribution < -0.4 is 0 Å². The number of rotatable bonds is 5. The molecule has 3 rings (SSSR count). The minimum Gasteiger partial charge on any atom is -0.320 e. The fourth-order valence-corrected chi connectivity index (χ4v) is 3.59. The summed E-state index contributed by atoms with van der Waals surface area (Å²) in [5.41, 5.74) is 3.01. The largest absolute Gasteiger partial charge is 0.320 e. The maximum absolute atomic E-state index is 13.0. The summed E-state index contributed by atoms with van der Waals surface area (Å²) in [6.45, 7) is 10.7. The number of carbonyl (C=O) groups excluding carboxylic acids is 1. The number of carbonyl (C=O) groups is 1. The molecule has 0 unspecified atom stereocenters. The summed E-state index contributed by atoms with van der Waals surface area (Å²) in [5.74, 6) is 0.210. The fourth-order valence-electron chi connectivity index (χ4n) is 3.59. The van der Waals surface area contributed by atoms with Crippen LogP contribution in [-0.4, -0.2) is 36.4 Å². The maximum atomic E-state index is 13.0. The van der Waals surface area contributed by atoms with E-state index in [1.165, 1.54) is 5.56 Å². The average molecular weight is 294 g/mol. The molecule has 0 heterocycles. The monoisotopic (exact) mass is 294 g/mol. The molecular weight excluding hydrogens is 270 g/mol. The van der Waals surface area contributed by atoms with Crippen LogP contribution in [0.1, 0.15) is 36.7 Å². The number of hydrogen-bond acceptors (Lipinski definition) is 1. The first kappa shape index (κ1) is 15.0. The van der Waals surface area contributed by atoms with E-state index < -0.39 is 0 Å². The first-order valence-corrected chi connectivity index (χ1v) is 8.26. The van der Waals surface area contributed by atoms with E-state index in [0.717, 1.165) is 52.6 Å². The van der Waals surface area contributed by atoms with Crippen LogP contribution >= 0.6 is 0 Å². The predicted molar refractivity (Wildman–Crippen MR) is 93.0 cm³/mol. The highest BCUT2D eigenvalue weighted by molar-refractivity contribution is 6.22. The van der Waals surface area contributed by atoms with Gasteiger partial charge in [0.2, 0.25) is 0 Å². The Morgan fingerprint density at radius 2 is 1.55 bits per heavy atom. The van der Waals surface area contributed by atoms with Gasteiger partial charge in [-0.25, -0.2) is 0 Å². The maximum Gasteiger partial charge on any atom is 0.195 e. The number of benzene rings is 2. The van der Waals surface area contributed by atoms with Crippen LogP contribution in [0.5, 0.6) is 0 Å². The first-order chi connectivity index (χ1) is 10.6. The molecule has 0 atom stereocenters. The summed E-state index contributed by atoms with van der Waals surface area (Å²) in [6, 6.07) is 12.3. The zero-order valence-electron chi connectivity index (χ0n) is 13.7. The molecule has 0 amide bonds. The zero-order chi connectivity index (χ0) is 15.7. The zero-order valence-corrected chi connectivity index (χ0v) is 13.7. The molecule has 0 fully saturated rings. The predicted octanol–water partition coefficient (Wildman–Crippen LogP) is 4.30. The smallest absolute Gasteiger partial charge is 0.195 e. The van der Waals surface area contributed by atoms with Crippen molar-refractivity contribution >= 4 is 22.6 Å². The molecule has 2 aromatic rings. The molecule has 0 N–H and O–H groups in total. The lowest BCUT2D eigenvalue weighted by molar-refractivity contribution is -0.918. The third kappa shape index (κ3) is 2.28. The van der Waals surface area contributed by atoms with Crippen LogP contribution in [0.2, 0.25) is 0 Å². The van der Waals surface area contributed by atoms with Crippen molar-refractivity contribution in [1.82, 2.24) is 0 Å². The third-order valence-corrected chi connectivity index (χ3v) is 5.32. The Morgan fingerprint density at radius 1 is 0.909 bits per heavy atom. The van der Waals surface area contributed by atoms with Gasteiger partial charge in [0.25, 0.3) is 0 Å². The van der Waals surface area contributed by atoms with Crippen molar-refractivity contribution in [3.8, 4) is 0 Å². The van der Waals surface area contributed by atoms with E-state index in [2.05, 4.69) is 51.1 Å². The van der Waals surface area contributed by atoms with Gasteiger partial charge in [-0.2, -0.15) is 0 Å². The molecule has 1 aliphatic rings. The average Bonchev–Trinajstić information content (AvgIpc) is 2.57. The van der Waals surface area contributed by atoms with Gasteiger partial charge in [-0.05, 0) is 37.8 Å². The van der Waals surface area contributed by atoms with Crippen LogP contribution in [0.3, 0.4) is 0 Å². The van der Waals surface area contributed by atoms with Crippen LogP contribution in [0, 0.1) is 0 Å². The van der Waals surface area contributed by atoms with Crippen molar-refractivity contribution < 1.29 is 9.28 Å². The highest BCUT2D eigenvalue weighted by atomic mass is 16.1. The molecule has 22 heavy (non-hydrogen) atoms. The van der Waals surface area contributed by atoms with E-state index in [1.54, 1.807) is 0 Å². The number of likely N-dealkylation sites (N-methyl/N-ethyl adjacent to an activating group) is 1. The summed E-state index contributed by atoms with van der Waals surface area (Å²) < 4.78 is 0.968. The van der Waals surface area contributed by atoms with Crippen molar-refractivity contribution in [2.45, 2.75) is 20.8 Å². The van der Waals surface area contributed by atoms with Crippen LogP contribution in [-0.2, 0) is 0 Å². The van der Waals surface area contributed by atoms with E-state index in [9.17, 15) is 4.79 Å². The quantitative estimate of drug-likeness (QED) is 0.752. The Morgan fingerprint density at radius 3 is 2.18 bits per heavy atom. The fraction of sp³-hybridized carbons (Fsp3) is 0.350. The molecule has 0 radical (unpaired) electrons. The second-order valence-corrected chi connectivity index (χ2v) is 6.20. The summed E-state index contributed by atoms with van der Waals surface area (Å²) in [5, 5.41) is 2.27. The lowest BCUT2D eigenvalue weighted by atomic mass is 9.87. The van der Waals surface area contributed by atoms with Gasteiger partial charge < -0.3 is 4.48 Å². The van der Waals surface area contributed by atoms with Gasteiger partial charge in [0.15, 0.2) is 5.78 Å². The van der Waals surface area contributed by atoms with Crippen molar-refractivity contribution in [3.05, 3.63) is 53.1 Å². The number of nitrogens with zero attached hydrogens (tertiary/aromatic N) is 1. The molecule has 2 heteroatoms. The summed E-state index contributed by atoms with van der Waals surface area (Å²) in [6.07, 6.45) is 2.12. The third-order valence-electron chi connectivity index (χ3n) is 5.32.